The first-order chi connectivity index (χ1) is 12.9. The molecule has 7 heteroatoms. The number of pyridine rings is 1. The predicted octanol–water partition coefficient (Wildman–Crippen LogP) is 3.55. The van der Waals surface area contributed by atoms with Crippen LogP contribution in [0.1, 0.15) is 28.6 Å². The van der Waals surface area contributed by atoms with E-state index < -0.39 is 18.1 Å². The molecule has 3 aromatic rings. The van der Waals surface area contributed by atoms with Crippen LogP contribution in [0.25, 0.3) is 5.65 Å². The summed E-state index contributed by atoms with van der Waals surface area (Å²) < 4.78 is 44.1. The molecule has 1 aliphatic rings. The van der Waals surface area contributed by atoms with Crippen LogP contribution < -0.4 is 4.74 Å². The summed E-state index contributed by atoms with van der Waals surface area (Å²) in [6, 6.07) is 10.1. The molecule has 0 aliphatic carbocycles. The largest absolute Gasteiger partial charge is 0.478 e. The first-order valence-corrected chi connectivity index (χ1v) is 8.75. The van der Waals surface area contributed by atoms with Gasteiger partial charge in [0.25, 0.3) is 0 Å². The van der Waals surface area contributed by atoms with Gasteiger partial charge < -0.3 is 19.0 Å². The fourth-order valence-electron chi connectivity index (χ4n) is 3.48. The number of rotatable bonds is 4. The lowest BCUT2D eigenvalue weighted by molar-refractivity contribution is -0.196. The van der Waals surface area contributed by atoms with Gasteiger partial charge in [-0.05, 0) is 25.5 Å². The monoisotopic (exact) mass is 374 g/mol. The number of aromatic nitrogens is 2. The van der Waals surface area contributed by atoms with Crippen LogP contribution in [0.5, 0.6) is 5.75 Å². The molecule has 4 rings (SSSR count). The molecular formula is C20H20F2N2O3. The summed E-state index contributed by atoms with van der Waals surface area (Å²) in [4.78, 5) is 4.43. The number of aliphatic hydroxyl groups excluding tert-OH is 1. The van der Waals surface area contributed by atoms with Crippen molar-refractivity contribution in [2.75, 3.05) is 13.2 Å². The zero-order chi connectivity index (χ0) is 19.2. The molecule has 0 unspecified atom stereocenters. The molecule has 1 aromatic carbocycles. The fraction of sp³-hybridized carbons (Fsp3) is 0.350. The molecule has 0 saturated heterocycles. The molecule has 142 valence electrons. The van der Waals surface area contributed by atoms with Gasteiger partial charge in [-0.25, -0.2) is 4.98 Å². The Kier molecular flexibility index (Phi) is 4.36. The van der Waals surface area contributed by atoms with E-state index in [0.717, 1.165) is 11.4 Å². The van der Waals surface area contributed by atoms with Crippen molar-refractivity contribution in [3.05, 3.63) is 65.1 Å². The highest BCUT2D eigenvalue weighted by atomic mass is 19.3. The van der Waals surface area contributed by atoms with Crippen LogP contribution in [0.15, 0.2) is 42.6 Å². The third kappa shape index (κ3) is 2.78. The van der Waals surface area contributed by atoms with Crippen LogP contribution in [0, 0.1) is 13.8 Å². The second-order valence-electron chi connectivity index (χ2n) is 6.62. The normalized spacial score (nSPS) is 21.1. The molecule has 0 amide bonds. The topological polar surface area (TPSA) is 56.0 Å². The van der Waals surface area contributed by atoms with Crippen molar-refractivity contribution < 1.29 is 23.4 Å². The minimum absolute atomic E-state index is 0.0661. The average Bonchev–Trinajstić information content (AvgIpc) is 2.96. The smallest absolute Gasteiger partial charge is 0.306 e. The maximum Gasteiger partial charge on any atom is 0.306 e. The predicted molar refractivity (Wildman–Crippen MR) is 95.2 cm³/mol. The van der Waals surface area contributed by atoms with Crippen LogP contribution in [-0.4, -0.2) is 33.8 Å². The number of hydrogen-bond acceptors (Lipinski definition) is 4. The van der Waals surface area contributed by atoms with E-state index in [1.165, 1.54) is 6.07 Å². The summed E-state index contributed by atoms with van der Waals surface area (Å²) in [5, 5.41) is 9.07. The minimum atomic E-state index is -3.31. The second kappa shape index (κ2) is 6.58. The Bertz CT molecular complexity index is 972. The van der Waals surface area contributed by atoms with E-state index in [0.29, 0.717) is 11.2 Å². The molecule has 3 heterocycles. The Labute approximate surface area is 155 Å². The molecule has 0 fully saturated rings. The third-order valence-corrected chi connectivity index (χ3v) is 4.98. The van der Waals surface area contributed by atoms with Gasteiger partial charge in [0.2, 0.25) is 0 Å². The highest BCUT2D eigenvalue weighted by Crippen LogP contribution is 2.50. The van der Waals surface area contributed by atoms with Crippen molar-refractivity contribution in [2.45, 2.75) is 32.0 Å². The molecule has 1 N–H and O–H groups in total. The molecule has 0 saturated carbocycles. The molecule has 2 aromatic heterocycles. The summed E-state index contributed by atoms with van der Waals surface area (Å²) in [6.07, 6.45) is -1.00. The van der Waals surface area contributed by atoms with Crippen molar-refractivity contribution in [1.29, 1.82) is 0 Å². The molecule has 27 heavy (non-hydrogen) atoms. The van der Waals surface area contributed by atoms with Gasteiger partial charge in [0.15, 0.2) is 23.6 Å². The van der Waals surface area contributed by atoms with Crippen molar-refractivity contribution in [1.82, 2.24) is 9.38 Å². The van der Waals surface area contributed by atoms with Gasteiger partial charge in [-0.15, -0.1) is 0 Å². The van der Waals surface area contributed by atoms with Gasteiger partial charge in [0.05, 0.1) is 24.5 Å². The van der Waals surface area contributed by atoms with Crippen molar-refractivity contribution in [3.8, 4) is 5.75 Å². The third-order valence-electron chi connectivity index (χ3n) is 4.98. The summed E-state index contributed by atoms with van der Waals surface area (Å²) in [7, 11) is 0. The molecule has 0 radical (unpaired) electrons. The van der Waals surface area contributed by atoms with Crippen molar-refractivity contribution in [2.24, 2.45) is 0 Å². The molecule has 0 spiro atoms. The Morgan fingerprint density at radius 2 is 1.96 bits per heavy atom. The summed E-state index contributed by atoms with van der Waals surface area (Å²) in [5.74, 6) is -3.24. The molecule has 1 aliphatic heterocycles. The second-order valence-corrected chi connectivity index (χ2v) is 6.62. The summed E-state index contributed by atoms with van der Waals surface area (Å²) >= 11 is 0. The molecular weight excluding hydrogens is 354 g/mol. The zero-order valence-electron chi connectivity index (χ0n) is 15.0. The van der Waals surface area contributed by atoms with Gasteiger partial charge in [-0.3, -0.25) is 0 Å². The Hall–Kier alpha value is -2.51. The summed E-state index contributed by atoms with van der Waals surface area (Å²) in [6.45, 7) is 3.16. The van der Waals surface area contributed by atoms with Crippen LogP contribution in [0.2, 0.25) is 0 Å². The van der Waals surface area contributed by atoms with Gasteiger partial charge in [0.1, 0.15) is 0 Å². The number of hydrogen-bond donors (Lipinski definition) is 1. The number of benzene rings is 1. The van der Waals surface area contributed by atoms with E-state index in [-0.39, 0.29) is 24.5 Å². The number of imidazole rings is 1. The standard InChI is InChI=1S/C20H20F2N2O3/c1-12-13(2)24-9-8-15-17(19(24)23-12)27-16(14-6-4-3-5-7-14)18(20(15,21)22)26-11-10-25/h3-9,16,18,25H,10-11H2,1-2H3/t16-,18-/m1/s1. The molecule has 2 atom stereocenters. The van der Waals surface area contributed by atoms with E-state index >= 15 is 8.78 Å². The minimum Gasteiger partial charge on any atom is -0.478 e. The number of halogens is 2. The number of fused-ring (bicyclic) bond motifs is 3. The Balaban J connectivity index is 1.91. The van der Waals surface area contributed by atoms with E-state index in [1.54, 1.807) is 34.9 Å². The average molecular weight is 374 g/mol. The van der Waals surface area contributed by atoms with Gasteiger partial charge >= 0.3 is 5.92 Å². The van der Waals surface area contributed by atoms with E-state index in [2.05, 4.69) is 4.98 Å². The van der Waals surface area contributed by atoms with Crippen LogP contribution in [-0.2, 0) is 10.7 Å². The van der Waals surface area contributed by atoms with Gasteiger partial charge in [0, 0.05) is 11.9 Å². The lowest BCUT2D eigenvalue weighted by Crippen LogP contribution is -2.45. The van der Waals surface area contributed by atoms with E-state index in [1.807, 2.05) is 19.9 Å². The summed E-state index contributed by atoms with van der Waals surface area (Å²) in [5.41, 5.74) is 2.31. The number of alkyl halides is 2. The van der Waals surface area contributed by atoms with E-state index in [4.69, 9.17) is 14.6 Å². The first-order valence-electron chi connectivity index (χ1n) is 8.75. The fourth-order valence-corrected chi connectivity index (χ4v) is 3.48. The van der Waals surface area contributed by atoms with Crippen LogP contribution >= 0.6 is 0 Å². The lowest BCUT2D eigenvalue weighted by Gasteiger charge is -2.39. The maximum absolute atomic E-state index is 15.4. The van der Waals surface area contributed by atoms with Crippen LogP contribution in [0.3, 0.4) is 0 Å². The number of ether oxygens (including phenoxy) is 2. The highest BCUT2D eigenvalue weighted by molar-refractivity contribution is 5.62. The first kappa shape index (κ1) is 17.9. The zero-order valence-corrected chi connectivity index (χ0v) is 15.0. The maximum atomic E-state index is 15.4. The lowest BCUT2D eigenvalue weighted by atomic mass is 9.91. The Morgan fingerprint density at radius 1 is 1.22 bits per heavy atom. The number of aryl methyl sites for hydroxylation is 2. The highest BCUT2D eigenvalue weighted by Gasteiger charge is 2.54. The van der Waals surface area contributed by atoms with Gasteiger partial charge in [-0.1, -0.05) is 30.3 Å². The van der Waals surface area contributed by atoms with Crippen molar-refractivity contribution in [3.63, 3.8) is 0 Å². The van der Waals surface area contributed by atoms with Gasteiger partial charge in [-0.2, -0.15) is 8.78 Å². The molecule has 0 bridgehead atoms. The quantitative estimate of drug-likeness (QED) is 0.759. The van der Waals surface area contributed by atoms with Crippen LogP contribution in [0.4, 0.5) is 8.78 Å². The Morgan fingerprint density at radius 3 is 2.67 bits per heavy atom. The number of nitrogens with zero attached hydrogens (tertiary/aromatic N) is 2. The van der Waals surface area contributed by atoms with Crippen molar-refractivity contribution >= 4 is 5.65 Å². The van der Waals surface area contributed by atoms with E-state index in [9.17, 15) is 0 Å². The number of aliphatic hydroxyl groups is 1. The molecule has 5 nitrogen and oxygen atoms in total. The SMILES string of the molecule is Cc1nc2c3c(ccn2c1C)C(F)(F)[C@H](OCCO)[C@@H](c1ccccc1)O3.